The molecule has 3 aliphatic rings. The third-order valence-electron chi connectivity index (χ3n) is 9.02. The largest absolute Gasteiger partial charge is 0.416 e. The van der Waals surface area contributed by atoms with Crippen LogP contribution in [0.3, 0.4) is 0 Å². The minimum absolute atomic E-state index is 0.0214. The zero-order valence-corrected chi connectivity index (χ0v) is 27.6. The van der Waals surface area contributed by atoms with Gasteiger partial charge in [0.05, 0.1) is 31.9 Å². The Morgan fingerprint density at radius 1 is 1.17 bits per heavy atom. The maximum Gasteiger partial charge on any atom is 0.416 e. The fourth-order valence-electron chi connectivity index (χ4n) is 6.32. The lowest BCUT2D eigenvalue weighted by Crippen LogP contribution is -2.37. The molecule has 0 bridgehead atoms. The molecule has 1 unspecified atom stereocenters. The number of amides is 1. The van der Waals surface area contributed by atoms with Gasteiger partial charge in [0.15, 0.2) is 0 Å². The van der Waals surface area contributed by atoms with Gasteiger partial charge in [-0.05, 0) is 86.0 Å². The molecule has 2 aromatic rings. The molecule has 1 amide bonds. The summed E-state index contributed by atoms with van der Waals surface area (Å²) >= 11 is 0. The second-order valence-electron chi connectivity index (χ2n) is 12.6. The predicted octanol–water partition coefficient (Wildman–Crippen LogP) is 7.34. The summed E-state index contributed by atoms with van der Waals surface area (Å²) in [7, 11) is 0. The molecule has 1 aliphatic carbocycles. The zero-order chi connectivity index (χ0) is 33.4. The predicted molar refractivity (Wildman–Crippen MR) is 180 cm³/mol. The number of rotatable bonds is 14. The van der Waals surface area contributed by atoms with Crippen molar-refractivity contribution in [3.8, 4) is 11.8 Å². The maximum atomic E-state index is 14.4. The fraction of sp³-hybridized carbons (Fsp3) is 0.556. The number of nitrogens with one attached hydrogen (secondary N) is 2. The number of alkyl halides is 3. The van der Waals surface area contributed by atoms with E-state index >= 15 is 0 Å². The average Bonchev–Trinajstić information content (AvgIpc) is 3.33. The summed E-state index contributed by atoms with van der Waals surface area (Å²) in [6.07, 6.45) is 3.80. The number of nitrogens with zero attached hydrogens (tertiary/aromatic N) is 4. The number of ether oxygens (including phenoxy) is 1. The van der Waals surface area contributed by atoms with Crippen LogP contribution < -0.4 is 15.5 Å². The van der Waals surface area contributed by atoms with E-state index in [9.17, 15) is 18.0 Å². The molecule has 1 saturated heterocycles. The molecule has 252 valence electrons. The van der Waals surface area contributed by atoms with E-state index in [1.54, 1.807) is 12.3 Å². The van der Waals surface area contributed by atoms with Crippen LogP contribution in [0.15, 0.2) is 34.5 Å². The molecular formula is C36H45F3N6O2. The Kier molecular flexibility index (Phi) is 11.7. The number of pyridine rings is 1. The lowest BCUT2D eigenvalue weighted by atomic mass is 9.80. The van der Waals surface area contributed by atoms with E-state index in [1.165, 1.54) is 17.4 Å². The third-order valence-corrected chi connectivity index (χ3v) is 9.02. The monoisotopic (exact) mass is 650 g/mol. The third kappa shape index (κ3) is 8.40. The van der Waals surface area contributed by atoms with Crippen LogP contribution in [-0.4, -0.2) is 49.1 Å². The first-order valence-corrected chi connectivity index (χ1v) is 16.8. The summed E-state index contributed by atoms with van der Waals surface area (Å²) in [5, 5.41) is 15.3. The van der Waals surface area contributed by atoms with Gasteiger partial charge >= 0.3 is 6.18 Å². The summed E-state index contributed by atoms with van der Waals surface area (Å²) in [6.45, 7) is 8.19. The highest BCUT2D eigenvalue weighted by molar-refractivity contribution is 6.10. The molecule has 2 aliphatic heterocycles. The second-order valence-corrected chi connectivity index (χ2v) is 12.6. The van der Waals surface area contributed by atoms with Crippen molar-refractivity contribution in [2.24, 2.45) is 22.0 Å². The first-order chi connectivity index (χ1) is 22.7. The van der Waals surface area contributed by atoms with Crippen molar-refractivity contribution in [1.29, 1.82) is 0 Å². The summed E-state index contributed by atoms with van der Waals surface area (Å²) in [5.41, 5.74) is 1.47. The number of anilines is 2. The number of carbonyl (C=O) groups excluding carboxylic acids is 1. The Bertz CT molecular complexity index is 1540. The van der Waals surface area contributed by atoms with Gasteiger partial charge in [-0.3, -0.25) is 9.69 Å². The van der Waals surface area contributed by atoms with Crippen molar-refractivity contribution >= 4 is 29.5 Å². The molecule has 1 saturated carbocycles. The highest BCUT2D eigenvalue weighted by Gasteiger charge is 2.41. The Labute approximate surface area is 275 Å². The van der Waals surface area contributed by atoms with Crippen LogP contribution >= 0.6 is 0 Å². The highest BCUT2D eigenvalue weighted by atomic mass is 19.4. The van der Waals surface area contributed by atoms with E-state index in [4.69, 9.17) is 9.72 Å². The van der Waals surface area contributed by atoms with E-state index < -0.39 is 17.6 Å². The van der Waals surface area contributed by atoms with Gasteiger partial charge in [0, 0.05) is 42.3 Å². The van der Waals surface area contributed by atoms with Crippen LogP contribution in [0.2, 0.25) is 0 Å². The SMILES string of the molecule is C/C=N\N=C(/CCC)C(c1cc(NCC#CCCC)nc(N2Cc3c(cc(CNCC4CCC4)cc3C(F)(F)F)C2=O)c1)C1COC1. The van der Waals surface area contributed by atoms with E-state index in [0.29, 0.717) is 43.5 Å². The van der Waals surface area contributed by atoms with Crippen LogP contribution in [0.1, 0.15) is 104 Å². The van der Waals surface area contributed by atoms with Gasteiger partial charge in [0.1, 0.15) is 11.6 Å². The number of unbranched alkanes of at least 4 members (excludes halogenated alkanes) is 1. The topological polar surface area (TPSA) is 91.2 Å². The van der Waals surface area contributed by atoms with Crippen LogP contribution in [0, 0.1) is 23.7 Å². The van der Waals surface area contributed by atoms with Crippen molar-refractivity contribution in [1.82, 2.24) is 10.3 Å². The molecule has 2 N–H and O–H groups in total. The van der Waals surface area contributed by atoms with Gasteiger partial charge in [0.25, 0.3) is 5.91 Å². The van der Waals surface area contributed by atoms with E-state index in [0.717, 1.165) is 49.9 Å². The van der Waals surface area contributed by atoms with Crippen LogP contribution in [0.5, 0.6) is 0 Å². The van der Waals surface area contributed by atoms with Gasteiger partial charge in [0.2, 0.25) is 0 Å². The molecule has 47 heavy (non-hydrogen) atoms. The Hall–Kier alpha value is -3.75. The van der Waals surface area contributed by atoms with Crippen LogP contribution in [-0.2, 0) is 24.0 Å². The zero-order valence-electron chi connectivity index (χ0n) is 27.6. The number of halogens is 3. The number of carbonyl (C=O) groups is 1. The quantitative estimate of drug-likeness (QED) is 0.127. The highest BCUT2D eigenvalue weighted by Crippen LogP contribution is 2.41. The molecule has 3 heterocycles. The molecule has 2 fully saturated rings. The molecule has 1 atom stereocenters. The van der Waals surface area contributed by atoms with Gasteiger partial charge in [-0.15, -0.1) is 5.92 Å². The number of fused-ring (bicyclic) bond motifs is 1. The number of aromatic nitrogens is 1. The van der Waals surface area contributed by atoms with Crippen molar-refractivity contribution in [3.63, 3.8) is 0 Å². The molecule has 11 heteroatoms. The summed E-state index contributed by atoms with van der Waals surface area (Å²) in [5.74, 6) is 7.02. The minimum Gasteiger partial charge on any atom is -0.381 e. The minimum atomic E-state index is -4.61. The van der Waals surface area contributed by atoms with Crippen LogP contribution in [0.4, 0.5) is 24.8 Å². The molecule has 0 spiro atoms. The lowest BCUT2D eigenvalue weighted by molar-refractivity contribution is -0.138. The van der Waals surface area contributed by atoms with Crippen molar-refractivity contribution < 1.29 is 22.7 Å². The first-order valence-electron chi connectivity index (χ1n) is 16.8. The Morgan fingerprint density at radius 3 is 2.62 bits per heavy atom. The van der Waals surface area contributed by atoms with Crippen molar-refractivity contribution in [2.75, 3.05) is 36.5 Å². The lowest BCUT2D eigenvalue weighted by Gasteiger charge is -2.35. The fourth-order valence-corrected chi connectivity index (χ4v) is 6.32. The van der Waals surface area contributed by atoms with E-state index in [2.05, 4.69) is 46.5 Å². The first kappa shape index (κ1) is 34.6. The number of benzene rings is 1. The second kappa shape index (κ2) is 15.9. The summed E-state index contributed by atoms with van der Waals surface area (Å²) in [4.78, 5) is 20.1. The van der Waals surface area contributed by atoms with Gasteiger partial charge in [-0.1, -0.05) is 32.6 Å². The normalized spacial score (nSPS) is 17.7. The summed E-state index contributed by atoms with van der Waals surface area (Å²) < 4.78 is 48.9. The standard InChI is InChI=1S/C36H45F3N6O2/c1-4-7-8-9-14-41-32-17-26(34(27-22-47-23-27)31(11-5-2)44-42-6-3)18-33(43-32)45-21-29-28(35(45)46)15-25(16-30(29)36(37,38)39)20-40-19-24-12-10-13-24/h6,15-18,24,27,34,40H,4-5,7,10-14,19-23H2,1-3H3,(H,41,43)/b42-6-,44-31+. The van der Waals surface area contributed by atoms with Crippen LogP contribution in [0.25, 0.3) is 0 Å². The summed E-state index contributed by atoms with van der Waals surface area (Å²) in [6, 6.07) is 6.53. The molecule has 5 rings (SSSR count). The number of hydrogen-bond acceptors (Lipinski definition) is 7. The van der Waals surface area contributed by atoms with Gasteiger partial charge in [-0.25, -0.2) is 4.98 Å². The average molecular weight is 651 g/mol. The smallest absolute Gasteiger partial charge is 0.381 e. The van der Waals surface area contributed by atoms with E-state index in [-0.39, 0.29) is 41.9 Å². The van der Waals surface area contributed by atoms with E-state index in [1.807, 2.05) is 19.1 Å². The van der Waals surface area contributed by atoms with Crippen molar-refractivity contribution in [3.05, 3.63) is 52.1 Å². The maximum absolute atomic E-state index is 14.4. The Balaban J connectivity index is 1.52. The molecule has 1 aromatic heterocycles. The molecule has 1 aromatic carbocycles. The molecule has 0 radical (unpaired) electrons. The van der Waals surface area contributed by atoms with Gasteiger partial charge < -0.3 is 15.4 Å². The van der Waals surface area contributed by atoms with Gasteiger partial charge in [-0.2, -0.15) is 23.4 Å². The number of hydrogen-bond donors (Lipinski definition) is 2. The molecular weight excluding hydrogens is 605 g/mol. The Morgan fingerprint density at radius 2 is 1.98 bits per heavy atom. The molecule has 8 nitrogen and oxygen atoms in total. The van der Waals surface area contributed by atoms with Crippen molar-refractivity contribution in [2.45, 2.75) is 90.9 Å².